The highest BCUT2D eigenvalue weighted by Crippen LogP contribution is 2.26. The van der Waals surface area contributed by atoms with Crippen molar-refractivity contribution in [2.45, 2.75) is 32.1 Å². The molecule has 5 heteroatoms. The van der Waals surface area contributed by atoms with Gasteiger partial charge in [-0.25, -0.2) is 4.79 Å². The molecule has 0 saturated heterocycles. The summed E-state index contributed by atoms with van der Waals surface area (Å²) in [5.41, 5.74) is 1.86. The fraction of sp³-hybridized carbons (Fsp3) is 0.353. The summed E-state index contributed by atoms with van der Waals surface area (Å²) in [7, 11) is 3.60. The van der Waals surface area contributed by atoms with Crippen LogP contribution in [0.5, 0.6) is 0 Å². The number of urea groups is 1. The van der Waals surface area contributed by atoms with E-state index >= 15 is 0 Å². The van der Waals surface area contributed by atoms with Crippen LogP contribution in [-0.4, -0.2) is 17.8 Å². The van der Waals surface area contributed by atoms with Crippen LogP contribution in [0, 0.1) is 0 Å². The molecule has 22 heavy (non-hydrogen) atoms. The van der Waals surface area contributed by atoms with Crippen LogP contribution in [0.25, 0.3) is 10.8 Å². The van der Waals surface area contributed by atoms with Gasteiger partial charge in [-0.1, -0.05) is 45.9 Å². The number of benzene rings is 2. The lowest BCUT2D eigenvalue weighted by atomic mass is 10.1. The lowest BCUT2D eigenvalue weighted by Crippen LogP contribution is -2.43. The van der Waals surface area contributed by atoms with Crippen LogP contribution in [0.15, 0.2) is 36.4 Å². The average Bonchev–Trinajstić information content (AvgIpc) is 2.42. The Kier molecular flexibility index (Phi) is 5.64. The van der Waals surface area contributed by atoms with Crippen LogP contribution in [0.3, 0.4) is 0 Å². The number of rotatable bonds is 4. The molecule has 0 fully saturated rings. The molecule has 0 radical (unpaired) electrons. The van der Waals surface area contributed by atoms with Crippen molar-refractivity contribution in [2.24, 2.45) is 0 Å². The summed E-state index contributed by atoms with van der Waals surface area (Å²) in [5.74, 6) is 0.985. The van der Waals surface area contributed by atoms with Crippen molar-refractivity contribution in [3.8, 4) is 0 Å². The third-order valence-corrected chi connectivity index (χ3v) is 4.74. The van der Waals surface area contributed by atoms with Gasteiger partial charge in [0.05, 0.1) is 0 Å². The van der Waals surface area contributed by atoms with Gasteiger partial charge in [0, 0.05) is 17.0 Å². The zero-order chi connectivity index (χ0) is 16.2. The molecule has 0 aliphatic heterocycles. The van der Waals surface area contributed by atoms with E-state index in [9.17, 15) is 4.79 Å². The van der Waals surface area contributed by atoms with Crippen molar-refractivity contribution in [2.75, 3.05) is 11.6 Å². The molecule has 2 aromatic carbocycles. The minimum absolute atomic E-state index is 0.180. The normalized spacial score (nSPS) is 11.5. The van der Waals surface area contributed by atoms with E-state index in [0.29, 0.717) is 0 Å². The number of hydrogen-bond acceptors (Lipinski definition) is 3. The fourth-order valence-electron chi connectivity index (χ4n) is 2.09. The van der Waals surface area contributed by atoms with E-state index in [1.54, 1.807) is 10.8 Å². The van der Waals surface area contributed by atoms with Gasteiger partial charge in [0.2, 0.25) is 0 Å². The zero-order valence-corrected chi connectivity index (χ0v) is 15.0. The van der Waals surface area contributed by atoms with E-state index in [-0.39, 0.29) is 11.6 Å². The van der Waals surface area contributed by atoms with Gasteiger partial charge >= 0.3 is 6.03 Å². The second-order valence-corrected chi connectivity index (χ2v) is 8.72. The van der Waals surface area contributed by atoms with Crippen molar-refractivity contribution in [1.82, 2.24) is 5.32 Å². The van der Waals surface area contributed by atoms with Crippen LogP contribution in [0.2, 0.25) is 0 Å². The first-order valence-corrected chi connectivity index (χ1v) is 9.87. The Bertz CT molecular complexity index is 665. The number of amides is 2. The van der Waals surface area contributed by atoms with Crippen molar-refractivity contribution >= 4 is 44.1 Å². The summed E-state index contributed by atoms with van der Waals surface area (Å²) in [6.07, 6.45) is 2.08. The number of hydrogen-bond donors (Lipinski definition) is 2. The van der Waals surface area contributed by atoms with Crippen molar-refractivity contribution < 1.29 is 4.79 Å². The lowest BCUT2D eigenvalue weighted by molar-refractivity contribution is 0.244. The summed E-state index contributed by atoms with van der Waals surface area (Å²) in [4.78, 5) is 11.9. The Morgan fingerprint density at radius 3 is 2.50 bits per heavy atom. The van der Waals surface area contributed by atoms with Crippen LogP contribution in [0.4, 0.5) is 10.5 Å². The first-order chi connectivity index (χ1) is 10.4. The van der Waals surface area contributed by atoms with Crippen molar-refractivity contribution in [1.29, 1.82) is 0 Å². The Labute approximate surface area is 140 Å². The standard InChI is InChI=1S/C17H22N2OS2/c1-17(2,3)19-16(20)18-15-8-7-13-6-5-12(11-22-21-4)9-14(13)10-15/h5-10H,11H2,1-4H3,(H2,18,19,20). The Morgan fingerprint density at radius 2 is 1.82 bits per heavy atom. The van der Waals surface area contributed by atoms with Gasteiger partial charge in [-0.15, -0.1) is 0 Å². The molecule has 118 valence electrons. The van der Waals surface area contributed by atoms with E-state index in [0.717, 1.165) is 16.8 Å². The molecule has 0 aliphatic rings. The van der Waals surface area contributed by atoms with Crippen LogP contribution < -0.4 is 10.6 Å². The highest BCUT2D eigenvalue weighted by Gasteiger charge is 2.13. The number of carbonyl (C=O) groups excluding carboxylic acids is 1. The van der Waals surface area contributed by atoms with Crippen LogP contribution in [0.1, 0.15) is 26.3 Å². The van der Waals surface area contributed by atoms with E-state index < -0.39 is 0 Å². The van der Waals surface area contributed by atoms with E-state index in [2.05, 4.69) is 35.1 Å². The second kappa shape index (κ2) is 7.29. The zero-order valence-electron chi connectivity index (χ0n) is 13.4. The number of fused-ring (bicyclic) bond motifs is 1. The molecule has 0 saturated carbocycles. The maximum Gasteiger partial charge on any atom is 0.319 e. The predicted octanol–water partition coefficient (Wildman–Crippen LogP) is 5.27. The molecule has 2 rings (SSSR count). The molecule has 0 aliphatic carbocycles. The maximum atomic E-state index is 11.9. The third-order valence-electron chi connectivity index (χ3n) is 2.99. The summed E-state index contributed by atoms with van der Waals surface area (Å²) < 4.78 is 0. The first kappa shape index (κ1) is 17.0. The molecule has 0 aromatic heterocycles. The van der Waals surface area contributed by atoms with Gasteiger partial charge in [0.25, 0.3) is 0 Å². The third kappa shape index (κ3) is 5.14. The molecule has 3 nitrogen and oxygen atoms in total. The predicted molar refractivity (Wildman–Crippen MR) is 101 cm³/mol. The molecule has 2 aromatic rings. The highest BCUT2D eigenvalue weighted by molar-refractivity contribution is 8.76. The molecule has 0 spiro atoms. The van der Waals surface area contributed by atoms with E-state index in [4.69, 9.17) is 0 Å². The van der Waals surface area contributed by atoms with Gasteiger partial charge in [0.1, 0.15) is 0 Å². The molecular formula is C17H22N2OS2. The molecule has 0 heterocycles. The molecule has 0 bridgehead atoms. The minimum Gasteiger partial charge on any atom is -0.333 e. The fourth-order valence-corrected chi connectivity index (χ4v) is 3.29. The van der Waals surface area contributed by atoms with Crippen LogP contribution >= 0.6 is 21.6 Å². The lowest BCUT2D eigenvalue weighted by Gasteiger charge is -2.20. The number of anilines is 1. The summed E-state index contributed by atoms with van der Waals surface area (Å²) >= 11 is 0. The number of carbonyl (C=O) groups is 1. The van der Waals surface area contributed by atoms with Gasteiger partial charge in [-0.05, 0) is 55.5 Å². The second-order valence-electron chi connectivity index (χ2n) is 6.15. The highest BCUT2D eigenvalue weighted by atomic mass is 33.1. The minimum atomic E-state index is -0.247. The quantitative estimate of drug-likeness (QED) is 0.748. The molecule has 2 N–H and O–H groups in total. The van der Waals surface area contributed by atoms with E-state index in [1.807, 2.05) is 49.8 Å². The van der Waals surface area contributed by atoms with Gasteiger partial charge in [-0.2, -0.15) is 0 Å². The maximum absolute atomic E-state index is 11.9. The molecule has 0 unspecified atom stereocenters. The van der Waals surface area contributed by atoms with Gasteiger partial charge < -0.3 is 10.6 Å². The Hall–Kier alpha value is -1.33. The van der Waals surface area contributed by atoms with Crippen molar-refractivity contribution in [3.05, 3.63) is 42.0 Å². The van der Waals surface area contributed by atoms with Gasteiger partial charge in [-0.3, -0.25) is 0 Å². The summed E-state index contributed by atoms with van der Waals surface area (Å²) in [5, 5.41) is 8.12. The molecule has 2 amide bonds. The number of nitrogens with one attached hydrogen (secondary N) is 2. The van der Waals surface area contributed by atoms with Gasteiger partial charge in [0.15, 0.2) is 0 Å². The smallest absolute Gasteiger partial charge is 0.319 e. The Balaban J connectivity index is 2.16. The Morgan fingerprint density at radius 1 is 1.09 bits per heavy atom. The largest absolute Gasteiger partial charge is 0.333 e. The summed E-state index contributed by atoms with van der Waals surface area (Å²) in [6.45, 7) is 5.88. The topological polar surface area (TPSA) is 41.1 Å². The monoisotopic (exact) mass is 334 g/mol. The van der Waals surface area contributed by atoms with Crippen LogP contribution in [-0.2, 0) is 5.75 Å². The van der Waals surface area contributed by atoms with Crippen molar-refractivity contribution in [3.63, 3.8) is 0 Å². The van der Waals surface area contributed by atoms with E-state index in [1.165, 1.54) is 10.9 Å². The first-order valence-electron chi connectivity index (χ1n) is 7.15. The molecular weight excluding hydrogens is 312 g/mol. The average molecular weight is 335 g/mol. The molecule has 0 atom stereocenters. The SMILES string of the molecule is CSSCc1ccc2ccc(NC(=O)NC(C)(C)C)cc2c1. The summed E-state index contributed by atoms with van der Waals surface area (Å²) in [6, 6.07) is 12.3.